The van der Waals surface area contributed by atoms with Crippen LogP contribution in [0.4, 0.5) is 0 Å². The number of hydrogen-bond acceptors (Lipinski definition) is 6. The van der Waals surface area contributed by atoms with Gasteiger partial charge in [0, 0.05) is 6.54 Å². The Morgan fingerprint density at radius 3 is 2.75 bits per heavy atom. The largest absolute Gasteiger partial charge is 0.493 e. The molecule has 1 aromatic carbocycles. The van der Waals surface area contributed by atoms with E-state index in [2.05, 4.69) is 29.8 Å². The number of methoxy groups -OCH3 is 1. The van der Waals surface area contributed by atoms with Crippen LogP contribution in [0.25, 0.3) is 6.08 Å². The van der Waals surface area contributed by atoms with Crippen LogP contribution in [0.2, 0.25) is 0 Å². The van der Waals surface area contributed by atoms with Crippen LogP contribution >= 0.6 is 39.9 Å². The first-order chi connectivity index (χ1) is 13.2. The molecule has 28 heavy (non-hydrogen) atoms. The van der Waals surface area contributed by atoms with Gasteiger partial charge in [-0.15, -0.1) is 0 Å². The van der Waals surface area contributed by atoms with Crippen LogP contribution in [-0.4, -0.2) is 46.5 Å². The number of carbonyl (C=O) groups is 2. The molecule has 6 nitrogen and oxygen atoms in total. The number of carbonyl (C=O) groups excluding carboxylic acids is 1. The summed E-state index contributed by atoms with van der Waals surface area (Å²) in [6.45, 7) is 4.90. The van der Waals surface area contributed by atoms with Crippen LogP contribution in [0.3, 0.4) is 0 Å². The maximum Gasteiger partial charge on any atom is 0.305 e. The van der Waals surface area contributed by atoms with Gasteiger partial charge in [0.25, 0.3) is 5.91 Å². The third-order valence-electron chi connectivity index (χ3n) is 3.91. The highest BCUT2D eigenvalue weighted by molar-refractivity contribution is 9.10. The number of thioether (sulfide) groups is 1. The van der Waals surface area contributed by atoms with Crippen molar-refractivity contribution < 1.29 is 24.2 Å². The van der Waals surface area contributed by atoms with E-state index in [-0.39, 0.29) is 18.9 Å². The summed E-state index contributed by atoms with van der Waals surface area (Å²) in [4.78, 5) is 25.1. The molecule has 0 aromatic heterocycles. The predicted octanol–water partition coefficient (Wildman–Crippen LogP) is 4.56. The minimum Gasteiger partial charge on any atom is -0.493 e. The first kappa shape index (κ1) is 22.7. The quantitative estimate of drug-likeness (QED) is 0.404. The smallest absolute Gasteiger partial charge is 0.305 e. The fourth-order valence-electron chi connectivity index (χ4n) is 2.41. The number of benzene rings is 1. The molecule has 0 aliphatic carbocycles. The molecule has 0 spiro atoms. The topological polar surface area (TPSA) is 76.1 Å². The maximum atomic E-state index is 12.5. The van der Waals surface area contributed by atoms with Crippen LogP contribution in [0, 0.1) is 5.92 Å². The molecule has 1 aliphatic heterocycles. The van der Waals surface area contributed by atoms with Gasteiger partial charge >= 0.3 is 5.97 Å². The third-order valence-corrected chi connectivity index (χ3v) is 5.88. The van der Waals surface area contributed by atoms with Crippen LogP contribution in [0.1, 0.15) is 32.3 Å². The van der Waals surface area contributed by atoms with E-state index in [1.54, 1.807) is 19.3 Å². The molecular formula is C19H22BrNO5S2. The number of nitrogens with zero attached hydrogens (tertiary/aromatic N) is 1. The molecule has 152 valence electrons. The molecule has 0 unspecified atom stereocenters. The lowest BCUT2D eigenvalue weighted by molar-refractivity contribution is -0.137. The molecule has 1 aromatic rings. The minimum atomic E-state index is -0.972. The highest BCUT2D eigenvalue weighted by Gasteiger charge is 2.32. The predicted molar refractivity (Wildman–Crippen MR) is 118 cm³/mol. The average Bonchev–Trinajstić information content (AvgIpc) is 2.87. The number of rotatable bonds is 9. The summed E-state index contributed by atoms with van der Waals surface area (Å²) >= 11 is 9.87. The number of carboxylic acids is 1. The SMILES string of the molecule is COc1cc(/C=C2/SC(=S)N(CCC(=O)O)C2=O)cc(Br)c1OCCC(C)C. The van der Waals surface area contributed by atoms with Gasteiger partial charge in [0.2, 0.25) is 0 Å². The van der Waals surface area contributed by atoms with Gasteiger partial charge in [0.15, 0.2) is 11.5 Å². The van der Waals surface area contributed by atoms with E-state index in [0.717, 1.165) is 28.2 Å². The van der Waals surface area contributed by atoms with Crippen LogP contribution < -0.4 is 9.47 Å². The molecule has 1 fully saturated rings. The zero-order valence-electron chi connectivity index (χ0n) is 15.9. The first-order valence-corrected chi connectivity index (χ1v) is 10.7. The number of carboxylic acid groups (broad SMARTS) is 1. The second kappa shape index (κ2) is 10.3. The van der Waals surface area contributed by atoms with Crippen molar-refractivity contribution in [3.05, 3.63) is 27.1 Å². The molecule has 1 saturated heterocycles. The summed E-state index contributed by atoms with van der Waals surface area (Å²) < 4.78 is 12.4. The molecule has 2 rings (SSSR count). The highest BCUT2D eigenvalue weighted by atomic mass is 79.9. The van der Waals surface area contributed by atoms with E-state index >= 15 is 0 Å². The van der Waals surface area contributed by atoms with Gasteiger partial charge in [-0.3, -0.25) is 14.5 Å². The van der Waals surface area contributed by atoms with Crippen molar-refractivity contribution in [2.45, 2.75) is 26.7 Å². The van der Waals surface area contributed by atoms with Gasteiger partial charge < -0.3 is 14.6 Å². The molecule has 1 N–H and O–H groups in total. The van der Waals surface area contributed by atoms with Gasteiger partial charge in [-0.25, -0.2) is 0 Å². The summed E-state index contributed by atoms with van der Waals surface area (Å²) in [5.41, 5.74) is 0.749. The maximum absolute atomic E-state index is 12.5. The highest BCUT2D eigenvalue weighted by Crippen LogP contribution is 2.39. The van der Waals surface area contributed by atoms with E-state index < -0.39 is 5.97 Å². The second-order valence-corrected chi connectivity index (χ2v) is 9.07. The summed E-state index contributed by atoms with van der Waals surface area (Å²) in [7, 11) is 1.56. The number of aliphatic carboxylic acids is 1. The Morgan fingerprint density at radius 1 is 1.43 bits per heavy atom. The number of amides is 1. The number of halogens is 1. The van der Waals surface area contributed by atoms with E-state index in [9.17, 15) is 9.59 Å². The number of ether oxygens (including phenoxy) is 2. The Labute approximate surface area is 182 Å². The van der Waals surface area contributed by atoms with Gasteiger partial charge in [-0.1, -0.05) is 37.8 Å². The standard InChI is InChI=1S/C19H22BrNO5S2/c1-11(2)5-7-26-17-13(20)8-12(9-14(17)25-3)10-15-18(24)21(19(27)28-15)6-4-16(22)23/h8-11H,4-7H2,1-3H3,(H,22,23)/b15-10+. The lowest BCUT2D eigenvalue weighted by Gasteiger charge is -2.14. The minimum absolute atomic E-state index is 0.0625. The molecule has 0 radical (unpaired) electrons. The molecular weight excluding hydrogens is 466 g/mol. The Morgan fingerprint density at radius 2 is 2.14 bits per heavy atom. The Bertz CT molecular complexity index is 810. The van der Waals surface area contributed by atoms with Crippen LogP contribution in [0.5, 0.6) is 11.5 Å². The average molecular weight is 488 g/mol. The monoisotopic (exact) mass is 487 g/mol. The Balaban J connectivity index is 2.21. The number of thiocarbonyl (C=S) groups is 1. The van der Waals surface area contributed by atoms with Gasteiger partial charge in [-0.2, -0.15) is 0 Å². The Hall–Kier alpha value is -1.58. The lowest BCUT2D eigenvalue weighted by atomic mass is 10.1. The molecule has 0 atom stereocenters. The molecule has 0 saturated carbocycles. The zero-order chi connectivity index (χ0) is 20.8. The molecule has 1 amide bonds. The fraction of sp³-hybridized carbons (Fsp3) is 0.421. The fourth-order valence-corrected chi connectivity index (χ4v) is 4.29. The summed E-state index contributed by atoms with van der Waals surface area (Å²) in [5.74, 6) is 0.454. The molecule has 0 bridgehead atoms. The summed E-state index contributed by atoms with van der Waals surface area (Å²) in [6, 6.07) is 3.64. The Kier molecular flexibility index (Phi) is 8.33. The van der Waals surface area contributed by atoms with Crippen LogP contribution in [-0.2, 0) is 9.59 Å². The van der Waals surface area contributed by atoms with Gasteiger partial charge in [-0.05, 0) is 52.0 Å². The van der Waals surface area contributed by atoms with E-state index in [1.807, 2.05) is 6.07 Å². The normalized spacial score (nSPS) is 15.6. The second-order valence-electron chi connectivity index (χ2n) is 6.54. The third kappa shape index (κ3) is 5.96. The van der Waals surface area contributed by atoms with Crippen molar-refractivity contribution in [3.63, 3.8) is 0 Å². The van der Waals surface area contributed by atoms with Crippen LogP contribution in [0.15, 0.2) is 21.5 Å². The first-order valence-electron chi connectivity index (χ1n) is 8.70. The summed E-state index contributed by atoms with van der Waals surface area (Å²) in [5, 5.41) is 8.82. The number of hydrogen-bond donors (Lipinski definition) is 1. The lowest BCUT2D eigenvalue weighted by Crippen LogP contribution is -2.30. The zero-order valence-corrected chi connectivity index (χ0v) is 19.1. The van der Waals surface area contributed by atoms with Gasteiger partial charge in [0.05, 0.1) is 29.5 Å². The van der Waals surface area contributed by atoms with Crippen molar-refractivity contribution in [2.75, 3.05) is 20.3 Å². The molecule has 9 heteroatoms. The molecule has 1 heterocycles. The van der Waals surface area contributed by atoms with E-state index in [0.29, 0.717) is 33.2 Å². The molecule has 1 aliphatic rings. The van der Waals surface area contributed by atoms with Crippen molar-refractivity contribution in [1.29, 1.82) is 0 Å². The van der Waals surface area contributed by atoms with E-state index in [4.69, 9.17) is 26.8 Å². The van der Waals surface area contributed by atoms with Crippen molar-refractivity contribution in [3.8, 4) is 11.5 Å². The summed E-state index contributed by atoms with van der Waals surface area (Å²) in [6.07, 6.45) is 2.49. The van der Waals surface area contributed by atoms with Crippen molar-refractivity contribution in [2.24, 2.45) is 5.92 Å². The van der Waals surface area contributed by atoms with Gasteiger partial charge in [0.1, 0.15) is 4.32 Å². The van der Waals surface area contributed by atoms with Crippen molar-refractivity contribution >= 4 is 62.2 Å². The van der Waals surface area contributed by atoms with Crippen molar-refractivity contribution in [1.82, 2.24) is 4.90 Å². The van der Waals surface area contributed by atoms with E-state index in [1.165, 1.54) is 4.90 Å².